The van der Waals surface area contributed by atoms with Gasteiger partial charge in [-0.25, -0.2) is 4.79 Å². The molecule has 0 aromatic heterocycles. The molecule has 1 aliphatic carbocycles. The lowest BCUT2D eigenvalue weighted by molar-refractivity contribution is -0.133. The highest BCUT2D eigenvalue weighted by atomic mass is 32.2. The number of benzene rings is 1. The summed E-state index contributed by atoms with van der Waals surface area (Å²) < 4.78 is 5.18. The van der Waals surface area contributed by atoms with E-state index in [-0.39, 0.29) is 17.4 Å². The summed E-state index contributed by atoms with van der Waals surface area (Å²) in [5, 5.41) is 9.66. The molecule has 0 saturated carbocycles. The highest BCUT2D eigenvalue weighted by Gasteiger charge is 2.30. The van der Waals surface area contributed by atoms with E-state index in [2.05, 4.69) is 0 Å². The maximum Gasteiger partial charge on any atom is 0.352 e. The number of fused-ring (bicyclic) bond motifs is 1. The van der Waals surface area contributed by atoms with Gasteiger partial charge in [-0.2, -0.15) is 0 Å². The molecule has 1 amide bonds. The summed E-state index contributed by atoms with van der Waals surface area (Å²) in [6.45, 7) is 0. The Hall–Kier alpha value is -2.47. The van der Waals surface area contributed by atoms with Gasteiger partial charge in [0.25, 0.3) is 0 Å². The third-order valence-electron chi connectivity index (χ3n) is 3.89. The van der Waals surface area contributed by atoms with E-state index in [0.717, 1.165) is 16.2 Å². The van der Waals surface area contributed by atoms with Crippen molar-refractivity contribution in [1.82, 2.24) is 0 Å². The molecule has 0 unspecified atom stereocenters. The quantitative estimate of drug-likeness (QED) is 0.849. The average Bonchev–Trinajstić information content (AvgIpc) is 2.60. The number of thioether (sulfide) groups is 1. The van der Waals surface area contributed by atoms with Gasteiger partial charge in [0, 0.05) is 11.3 Å². The second-order valence-corrected chi connectivity index (χ2v) is 6.42. The topological polar surface area (TPSA) is 66.8 Å². The predicted octanol–water partition coefficient (Wildman–Crippen LogP) is 3.34. The number of carbonyl (C=O) groups excluding carboxylic acids is 1. The number of carboxylic acid groups (broad SMARTS) is 1. The van der Waals surface area contributed by atoms with Crippen molar-refractivity contribution >= 4 is 29.3 Å². The number of carbonyl (C=O) groups is 2. The summed E-state index contributed by atoms with van der Waals surface area (Å²) in [5.41, 5.74) is 1.46. The maximum absolute atomic E-state index is 12.4. The lowest BCUT2D eigenvalue weighted by Gasteiger charge is -2.29. The predicted molar refractivity (Wildman–Crippen MR) is 92.8 cm³/mol. The van der Waals surface area contributed by atoms with Crippen molar-refractivity contribution in [2.75, 3.05) is 17.8 Å². The Kier molecular flexibility index (Phi) is 4.76. The molecule has 0 bridgehead atoms. The van der Waals surface area contributed by atoms with Crippen LogP contribution in [0.25, 0.3) is 0 Å². The number of nitrogens with zero attached hydrogens (tertiary/aromatic N) is 1. The van der Waals surface area contributed by atoms with Crippen molar-refractivity contribution in [3.63, 3.8) is 0 Å². The van der Waals surface area contributed by atoms with Gasteiger partial charge in [0.1, 0.15) is 5.70 Å². The molecular formula is C18H17NO4S. The van der Waals surface area contributed by atoms with Crippen molar-refractivity contribution in [3.05, 3.63) is 59.5 Å². The Bertz CT molecular complexity index is 779. The van der Waals surface area contributed by atoms with Gasteiger partial charge in [-0.05, 0) is 36.3 Å². The van der Waals surface area contributed by atoms with E-state index in [1.807, 2.05) is 24.3 Å². The van der Waals surface area contributed by atoms with Crippen molar-refractivity contribution in [2.45, 2.75) is 17.7 Å². The Labute approximate surface area is 144 Å². The van der Waals surface area contributed by atoms with Gasteiger partial charge in [0.05, 0.1) is 24.3 Å². The molecule has 0 atom stereocenters. The highest BCUT2D eigenvalue weighted by Crippen LogP contribution is 2.37. The van der Waals surface area contributed by atoms with Gasteiger partial charge >= 0.3 is 5.97 Å². The minimum atomic E-state index is -1.12. The van der Waals surface area contributed by atoms with Crippen molar-refractivity contribution < 1.29 is 19.4 Å². The first-order chi connectivity index (χ1) is 11.6. The van der Waals surface area contributed by atoms with Gasteiger partial charge in [0.15, 0.2) is 0 Å². The Balaban J connectivity index is 2.02. The fraction of sp³-hybridized carbons (Fsp3) is 0.222. The van der Waals surface area contributed by atoms with Crippen molar-refractivity contribution in [3.8, 4) is 0 Å². The molecule has 1 aromatic rings. The minimum Gasteiger partial charge on any atom is -0.501 e. The number of allylic oxidation sites excluding steroid dienone is 5. The van der Waals surface area contributed by atoms with Crippen LogP contribution >= 0.6 is 11.8 Å². The number of ether oxygens (including phenoxy) is 1. The largest absolute Gasteiger partial charge is 0.501 e. The zero-order valence-electron chi connectivity index (χ0n) is 13.2. The SMILES string of the molecule is COC1=CC=C(C=C(C(=O)O)N2C(=O)CSc3ccccc32)CC1. The molecule has 0 saturated heterocycles. The number of rotatable bonds is 4. The van der Waals surface area contributed by atoms with Crippen LogP contribution in [0.2, 0.25) is 0 Å². The molecule has 1 aromatic carbocycles. The number of methoxy groups -OCH3 is 1. The molecule has 24 heavy (non-hydrogen) atoms. The van der Waals surface area contributed by atoms with Crippen LogP contribution in [-0.2, 0) is 14.3 Å². The van der Waals surface area contributed by atoms with Gasteiger partial charge in [-0.3, -0.25) is 9.69 Å². The first kappa shape index (κ1) is 16.4. The van der Waals surface area contributed by atoms with Crippen LogP contribution in [0.5, 0.6) is 0 Å². The van der Waals surface area contributed by atoms with Crippen LogP contribution < -0.4 is 4.90 Å². The third kappa shape index (κ3) is 3.23. The van der Waals surface area contributed by atoms with Gasteiger partial charge in [0.2, 0.25) is 5.91 Å². The molecule has 0 spiro atoms. The van der Waals surface area contributed by atoms with Crippen molar-refractivity contribution in [1.29, 1.82) is 0 Å². The fourth-order valence-corrected chi connectivity index (χ4v) is 3.58. The zero-order chi connectivity index (χ0) is 17.1. The number of aliphatic carboxylic acids is 1. The minimum absolute atomic E-state index is 0.0201. The van der Waals surface area contributed by atoms with E-state index in [4.69, 9.17) is 4.74 Å². The summed E-state index contributed by atoms with van der Waals surface area (Å²) in [5.74, 6) is -0.252. The van der Waals surface area contributed by atoms with E-state index in [1.165, 1.54) is 16.7 Å². The molecule has 1 N–H and O–H groups in total. The fourth-order valence-electron chi connectivity index (χ4n) is 2.69. The lowest BCUT2D eigenvalue weighted by Crippen LogP contribution is -2.37. The molecule has 3 rings (SSSR count). The van der Waals surface area contributed by atoms with E-state index < -0.39 is 5.97 Å². The normalized spacial score (nSPS) is 17.8. The first-order valence-electron chi connectivity index (χ1n) is 7.53. The van der Waals surface area contributed by atoms with Crippen LogP contribution in [0.15, 0.2) is 64.4 Å². The molecule has 5 nitrogen and oxygen atoms in total. The Morgan fingerprint density at radius 2 is 2.08 bits per heavy atom. The van der Waals surface area contributed by atoms with E-state index in [9.17, 15) is 14.7 Å². The van der Waals surface area contributed by atoms with Crippen LogP contribution in [0.1, 0.15) is 12.8 Å². The number of hydrogen-bond donors (Lipinski definition) is 1. The second-order valence-electron chi connectivity index (χ2n) is 5.40. The molecule has 0 fully saturated rings. The highest BCUT2D eigenvalue weighted by molar-refractivity contribution is 8.00. The Morgan fingerprint density at radius 1 is 1.29 bits per heavy atom. The van der Waals surface area contributed by atoms with E-state index >= 15 is 0 Å². The van der Waals surface area contributed by atoms with E-state index in [1.54, 1.807) is 25.3 Å². The zero-order valence-corrected chi connectivity index (χ0v) is 14.0. The monoisotopic (exact) mass is 343 g/mol. The molecule has 0 radical (unpaired) electrons. The van der Waals surface area contributed by atoms with Crippen LogP contribution in [-0.4, -0.2) is 29.8 Å². The molecule has 2 aliphatic rings. The van der Waals surface area contributed by atoms with Crippen LogP contribution in [0.4, 0.5) is 5.69 Å². The number of amides is 1. The molecular weight excluding hydrogens is 326 g/mol. The van der Waals surface area contributed by atoms with Crippen LogP contribution in [0.3, 0.4) is 0 Å². The van der Waals surface area contributed by atoms with Crippen LogP contribution in [0, 0.1) is 0 Å². The molecule has 1 heterocycles. The molecule has 6 heteroatoms. The number of anilines is 1. The molecule has 124 valence electrons. The summed E-state index contributed by atoms with van der Waals surface area (Å²) in [4.78, 5) is 26.4. The second kappa shape index (κ2) is 6.97. The maximum atomic E-state index is 12.4. The molecule has 1 aliphatic heterocycles. The number of hydrogen-bond acceptors (Lipinski definition) is 4. The first-order valence-corrected chi connectivity index (χ1v) is 8.52. The summed E-state index contributed by atoms with van der Waals surface area (Å²) in [7, 11) is 1.62. The van der Waals surface area contributed by atoms with Gasteiger partial charge < -0.3 is 9.84 Å². The number of carboxylic acids is 1. The van der Waals surface area contributed by atoms with Gasteiger partial charge in [-0.15, -0.1) is 11.8 Å². The number of para-hydroxylation sites is 1. The van der Waals surface area contributed by atoms with Crippen molar-refractivity contribution in [2.24, 2.45) is 0 Å². The lowest BCUT2D eigenvalue weighted by atomic mass is 10.0. The smallest absolute Gasteiger partial charge is 0.352 e. The average molecular weight is 343 g/mol. The van der Waals surface area contributed by atoms with Gasteiger partial charge in [-0.1, -0.05) is 18.2 Å². The summed E-state index contributed by atoms with van der Waals surface area (Å²) in [6.07, 6.45) is 6.63. The standard InChI is InChI=1S/C18H17NO4S/c1-23-13-8-6-12(7-9-13)10-15(18(21)22)19-14-4-2-3-5-16(14)24-11-17(19)20/h2-6,8,10H,7,9,11H2,1H3,(H,21,22). The van der Waals surface area contributed by atoms with E-state index in [0.29, 0.717) is 18.5 Å². The third-order valence-corrected chi connectivity index (χ3v) is 4.94. The summed E-state index contributed by atoms with van der Waals surface area (Å²) in [6, 6.07) is 7.35. The summed E-state index contributed by atoms with van der Waals surface area (Å²) >= 11 is 1.43. The Morgan fingerprint density at radius 3 is 2.75 bits per heavy atom.